The van der Waals surface area contributed by atoms with Gasteiger partial charge >= 0.3 is 11.9 Å². The molecule has 0 aromatic heterocycles. The molecule has 2 atom stereocenters. The standard InChI is InChI=1S/C26H23Cl4NO6/c1-34-23(36-25(32)19-12-16(27)8-10-21(19)29)14-31(18-6-4-3-5-7-18)15-24(35-2)37-26(33)20-13-17(28)9-11-22(20)30/h3-13,23-24H,14-15H2,1-2H3. The fourth-order valence-corrected chi connectivity index (χ4v) is 4.01. The molecule has 7 nitrogen and oxygen atoms in total. The summed E-state index contributed by atoms with van der Waals surface area (Å²) in [4.78, 5) is 27.3. The van der Waals surface area contributed by atoms with E-state index >= 15 is 0 Å². The molecule has 0 spiro atoms. The van der Waals surface area contributed by atoms with Crippen molar-refractivity contribution in [2.45, 2.75) is 12.6 Å². The van der Waals surface area contributed by atoms with Crippen molar-refractivity contribution in [2.75, 3.05) is 32.2 Å². The zero-order chi connectivity index (χ0) is 26.9. The van der Waals surface area contributed by atoms with E-state index in [0.29, 0.717) is 10.0 Å². The summed E-state index contributed by atoms with van der Waals surface area (Å²) in [6, 6.07) is 18.2. The lowest BCUT2D eigenvalue weighted by Gasteiger charge is -2.31. The maximum atomic E-state index is 12.8. The van der Waals surface area contributed by atoms with Crippen molar-refractivity contribution < 1.29 is 28.5 Å². The van der Waals surface area contributed by atoms with Crippen molar-refractivity contribution in [3.8, 4) is 0 Å². The highest BCUT2D eigenvalue weighted by Crippen LogP contribution is 2.24. The molecule has 0 saturated carbocycles. The quantitative estimate of drug-likeness (QED) is 0.181. The van der Waals surface area contributed by atoms with Crippen LogP contribution in [0.5, 0.6) is 0 Å². The van der Waals surface area contributed by atoms with E-state index in [-0.39, 0.29) is 34.3 Å². The normalized spacial score (nSPS) is 12.5. The molecule has 196 valence electrons. The van der Waals surface area contributed by atoms with Gasteiger partial charge < -0.3 is 23.8 Å². The van der Waals surface area contributed by atoms with E-state index < -0.39 is 24.5 Å². The molecule has 37 heavy (non-hydrogen) atoms. The average Bonchev–Trinajstić information content (AvgIpc) is 2.90. The summed E-state index contributed by atoms with van der Waals surface area (Å²) in [7, 11) is 2.80. The minimum atomic E-state index is -1.02. The maximum absolute atomic E-state index is 12.8. The van der Waals surface area contributed by atoms with Crippen LogP contribution >= 0.6 is 46.4 Å². The van der Waals surface area contributed by atoms with Crippen LogP contribution in [0.4, 0.5) is 5.69 Å². The van der Waals surface area contributed by atoms with Crippen molar-refractivity contribution in [1.82, 2.24) is 0 Å². The predicted octanol–water partition coefficient (Wildman–Crippen LogP) is 6.77. The van der Waals surface area contributed by atoms with Crippen molar-refractivity contribution in [3.05, 3.63) is 97.9 Å². The number of hydrogen-bond donors (Lipinski definition) is 0. The third kappa shape index (κ3) is 8.23. The summed E-state index contributed by atoms with van der Waals surface area (Å²) in [5, 5.41) is 1.05. The molecule has 0 N–H and O–H groups in total. The molecular weight excluding hydrogens is 564 g/mol. The van der Waals surface area contributed by atoms with Gasteiger partial charge in [-0.25, -0.2) is 9.59 Å². The molecule has 0 radical (unpaired) electrons. The molecule has 2 unspecified atom stereocenters. The number of para-hydroxylation sites is 1. The molecule has 0 heterocycles. The first-order valence-corrected chi connectivity index (χ1v) is 12.4. The molecule has 3 aromatic rings. The Balaban J connectivity index is 1.77. The van der Waals surface area contributed by atoms with Crippen LogP contribution in [0.25, 0.3) is 0 Å². The number of esters is 2. The molecule has 0 aliphatic carbocycles. The fourth-order valence-electron chi connectivity index (χ4n) is 3.28. The van der Waals surface area contributed by atoms with Gasteiger partial charge in [0.05, 0.1) is 34.3 Å². The first-order valence-electron chi connectivity index (χ1n) is 10.9. The summed E-state index contributed by atoms with van der Waals surface area (Å²) in [5.74, 6) is -1.42. The Hall–Kier alpha value is -2.52. The number of ether oxygens (including phenoxy) is 4. The number of nitrogens with zero attached hydrogens (tertiary/aromatic N) is 1. The largest absolute Gasteiger partial charge is 0.430 e. The van der Waals surface area contributed by atoms with Crippen molar-refractivity contribution >= 4 is 64.0 Å². The Morgan fingerprint density at radius 1 is 0.703 bits per heavy atom. The second kappa shape index (κ2) is 13.9. The Labute approximate surface area is 234 Å². The lowest BCUT2D eigenvalue weighted by atomic mass is 10.2. The van der Waals surface area contributed by atoms with Gasteiger partial charge in [-0.05, 0) is 48.5 Å². The molecule has 0 aliphatic heterocycles. The van der Waals surface area contributed by atoms with Crippen LogP contribution in [0, 0.1) is 0 Å². The molecule has 11 heteroatoms. The fraction of sp³-hybridized carbons (Fsp3) is 0.231. The number of anilines is 1. The second-order valence-corrected chi connectivity index (χ2v) is 9.32. The van der Waals surface area contributed by atoms with Gasteiger partial charge in [0.25, 0.3) is 0 Å². The van der Waals surface area contributed by atoms with E-state index in [4.69, 9.17) is 65.4 Å². The summed E-state index contributed by atoms with van der Waals surface area (Å²) < 4.78 is 21.9. The van der Waals surface area contributed by atoms with Crippen LogP contribution in [0.15, 0.2) is 66.7 Å². The molecule has 0 bridgehead atoms. The van der Waals surface area contributed by atoms with Crippen molar-refractivity contribution in [1.29, 1.82) is 0 Å². The smallest absolute Gasteiger partial charge is 0.342 e. The number of benzene rings is 3. The third-order valence-corrected chi connectivity index (χ3v) is 6.29. The molecule has 0 saturated heterocycles. The number of halogens is 4. The summed E-state index contributed by atoms with van der Waals surface area (Å²) >= 11 is 24.3. The monoisotopic (exact) mass is 585 g/mol. The van der Waals surface area contributed by atoms with Crippen molar-refractivity contribution in [2.24, 2.45) is 0 Å². The predicted molar refractivity (Wildman–Crippen MR) is 144 cm³/mol. The second-order valence-electron chi connectivity index (χ2n) is 7.63. The van der Waals surface area contributed by atoms with E-state index in [1.54, 1.807) is 17.0 Å². The van der Waals surface area contributed by atoms with Crippen molar-refractivity contribution in [3.63, 3.8) is 0 Å². The Kier molecular flexibility index (Phi) is 10.9. The van der Waals surface area contributed by atoms with Crippen LogP contribution in [0.3, 0.4) is 0 Å². The number of carbonyl (C=O) groups excluding carboxylic acids is 2. The lowest BCUT2D eigenvalue weighted by Crippen LogP contribution is -2.42. The van der Waals surface area contributed by atoms with Crippen LogP contribution < -0.4 is 4.90 Å². The third-order valence-electron chi connectivity index (χ3n) is 5.16. The molecule has 0 amide bonds. The van der Waals surface area contributed by atoms with Gasteiger partial charge in [0.1, 0.15) is 0 Å². The van der Waals surface area contributed by atoms with Crippen LogP contribution in [-0.2, 0) is 18.9 Å². The molecule has 3 aromatic carbocycles. The van der Waals surface area contributed by atoms with Gasteiger partial charge in [-0.2, -0.15) is 0 Å². The molecular formula is C26H23Cl4NO6. The zero-order valence-corrected chi connectivity index (χ0v) is 22.9. The zero-order valence-electron chi connectivity index (χ0n) is 19.8. The van der Waals surface area contributed by atoms with Gasteiger partial charge in [-0.3, -0.25) is 0 Å². The maximum Gasteiger partial charge on any atom is 0.342 e. The molecule has 0 fully saturated rings. The summed E-state index contributed by atoms with van der Waals surface area (Å²) in [5.41, 5.74) is 0.939. The van der Waals surface area contributed by atoms with E-state index in [2.05, 4.69) is 0 Å². The van der Waals surface area contributed by atoms with Gasteiger partial charge in [-0.15, -0.1) is 0 Å². The number of rotatable bonds is 11. The highest BCUT2D eigenvalue weighted by molar-refractivity contribution is 6.36. The molecule has 0 aliphatic rings. The van der Waals surface area contributed by atoms with E-state index in [0.717, 1.165) is 5.69 Å². The highest BCUT2D eigenvalue weighted by atomic mass is 35.5. The van der Waals surface area contributed by atoms with Crippen LogP contribution in [0.2, 0.25) is 20.1 Å². The summed E-state index contributed by atoms with van der Waals surface area (Å²) in [6.07, 6.45) is -2.03. The number of methoxy groups -OCH3 is 2. The van der Waals surface area contributed by atoms with Crippen LogP contribution in [0.1, 0.15) is 20.7 Å². The lowest BCUT2D eigenvalue weighted by molar-refractivity contribution is -0.0950. The first kappa shape index (κ1) is 29.0. The Morgan fingerprint density at radius 3 is 1.54 bits per heavy atom. The minimum Gasteiger partial charge on any atom is -0.430 e. The summed E-state index contributed by atoms with van der Waals surface area (Å²) in [6.45, 7) is 0.138. The van der Waals surface area contributed by atoms with Gasteiger partial charge in [-0.1, -0.05) is 64.6 Å². The SMILES string of the molecule is COC(CN(CC(OC)OC(=O)c1cc(Cl)ccc1Cl)c1ccccc1)OC(=O)c1cc(Cl)ccc1Cl. The van der Waals surface area contributed by atoms with Gasteiger partial charge in [0, 0.05) is 30.0 Å². The average molecular weight is 587 g/mol. The van der Waals surface area contributed by atoms with Gasteiger partial charge in [0.15, 0.2) is 0 Å². The van der Waals surface area contributed by atoms with Gasteiger partial charge in [0.2, 0.25) is 12.6 Å². The topological polar surface area (TPSA) is 74.3 Å². The first-order chi connectivity index (χ1) is 17.7. The van der Waals surface area contributed by atoms with E-state index in [9.17, 15) is 9.59 Å². The number of hydrogen-bond acceptors (Lipinski definition) is 7. The Bertz CT molecular complexity index is 1150. The highest BCUT2D eigenvalue weighted by Gasteiger charge is 2.26. The van der Waals surface area contributed by atoms with Crippen LogP contribution in [-0.4, -0.2) is 51.8 Å². The number of carbonyl (C=O) groups is 2. The van der Waals surface area contributed by atoms with E-state index in [1.165, 1.54) is 38.5 Å². The minimum absolute atomic E-state index is 0.0692. The Morgan fingerprint density at radius 2 is 1.14 bits per heavy atom. The van der Waals surface area contributed by atoms with E-state index in [1.807, 2.05) is 30.3 Å². The molecule has 3 rings (SSSR count).